The van der Waals surface area contributed by atoms with Crippen molar-refractivity contribution in [2.45, 2.75) is 124 Å². The summed E-state index contributed by atoms with van der Waals surface area (Å²) in [5.74, 6) is 0. The number of aryl methyl sites for hydroxylation is 4. The molecule has 3 aromatic rings. The maximum atomic E-state index is 2.56. The molecule has 0 nitrogen and oxygen atoms in total. The van der Waals surface area contributed by atoms with Gasteiger partial charge in [-0.15, -0.1) is 34.0 Å². The minimum atomic E-state index is 1.23. The normalized spacial score (nSPS) is 11.5. The first-order chi connectivity index (χ1) is 16.7. The molecule has 0 aliphatic heterocycles. The van der Waals surface area contributed by atoms with E-state index in [0.29, 0.717) is 0 Å². The van der Waals surface area contributed by atoms with Gasteiger partial charge in [0.2, 0.25) is 0 Å². The number of unbranched alkanes of at least 4 members (excludes halogenated alkanes) is 9. The average molecular weight is 515 g/mol. The van der Waals surface area contributed by atoms with Gasteiger partial charge in [0.05, 0.1) is 0 Å². The molecule has 3 heterocycles. The second kappa shape index (κ2) is 15.3. The lowest BCUT2D eigenvalue weighted by Gasteiger charge is -2.02. The molecule has 0 saturated heterocycles. The van der Waals surface area contributed by atoms with E-state index in [1.165, 1.54) is 111 Å². The molecule has 0 saturated carbocycles. The van der Waals surface area contributed by atoms with Crippen LogP contribution in [0, 0.1) is 6.92 Å². The topological polar surface area (TPSA) is 0 Å². The summed E-state index contributed by atoms with van der Waals surface area (Å²) in [7, 11) is 0. The predicted octanol–water partition coefficient (Wildman–Crippen LogP) is 11.9. The van der Waals surface area contributed by atoms with E-state index in [9.17, 15) is 0 Å². The highest BCUT2D eigenvalue weighted by molar-refractivity contribution is 7.26. The zero-order valence-electron chi connectivity index (χ0n) is 22.1. The summed E-state index contributed by atoms with van der Waals surface area (Å²) >= 11 is 6.06. The Morgan fingerprint density at radius 1 is 0.559 bits per heavy atom. The Morgan fingerprint density at radius 3 is 1.74 bits per heavy atom. The van der Waals surface area contributed by atoms with E-state index in [0.717, 1.165) is 0 Å². The Morgan fingerprint density at radius 2 is 1.12 bits per heavy atom. The van der Waals surface area contributed by atoms with Gasteiger partial charge in [0.25, 0.3) is 0 Å². The lowest BCUT2D eigenvalue weighted by molar-refractivity contribution is 0.667. The summed E-state index contributed by atoms with van der Waals surface area (Å²) in [6.45, 7) is 9.19. The van der Waals surface area contributed by atoms with E-state index >= 15 is 0 Å². The van der Waals surface area contributed by atoms with Gasteiger partial charge < -0.3 is 0 Å². The minimum absolute atomic E-state index is 1.23. The van der Waals surface area contributed by atoms with Gasteiger partial charge in [0, 0.05) is 24.4 Å². The molecule has 0 N–H and O–H groups in total. The fourth-order valence-corrected chi connectivity index (χ4v) is 8.27. The highest BCUT2D eigenvalue weighted by Gasteiger charge is 2.18. The molecule has 3 heteroatoms. The van der Waals surface area contributed by atoms with E-state index in [4.69, 9.17) is 0 Å². The van der Waals surface area contributed by atoms with Crippen LogP contribution < -0.4 is 0 Å². The van der Waals surface area contributed by atoms with E-state index in [2.05, 4.69) is 62.6 Å². The first-order valence-electron chi connectivity index (χ1n) is 14.0. The summed E-state index contributed by atoms with van der Waals surface area (Å²) in [5.41, 5.74) is 4.73. The van der Waals surface area contributed by atoms with Gasteiger partial charge in [-0.05, 0) is 85.7 Å². The number of hydrogen-bond acceptors (Lipinski definition) is 3. The van der Waals surface area contributed by atoms with Crippen molar-refractivity contribution in [3.05, 3.63) is 45.1 Å². The molecule has 3 rings (SSSR count). The van der Waals surface area contributed by atoms with Crippen molar-refractivity contribution in [2.24, 2.45) is 0 Å². The highest BCUT2D eigenvalue weighted by Crippen LogP contribution is 2.45. The molecular formula is C31H46S3. The van der Waals surface area contributed by atoms with Crippen LogP contribution in [-0.2, 0) is 19.3 Å². The maximum absolute atomic E-state index is 2.56. The van der Waals surface area contributed by atoms with Crippen LogP contribution in [0.1, 0.15) is 119 Å². The van der Waals surface area contributed by atoms with Crippen LogP contribution in [0.2, 0.25) is 0 Å². The molecule has 0 aliphatic carbocycles. The molecule has 0 bridgehead atoms. The SMILES string of the molecule is CCCCCCc1csc(-c2sc(-c3sc(C)cc3CCCCCC)cc2CCCCCC)c1. The van der Waals surface area contributed by atoms with Crippen molar-refractivity contribution >= 4 is 34.0 Å². The third-order valence-electron chi connectivity index (χ3n) is 6.76. The van der Waals surface area contributed by atoms with Crippen LogP contribution in [0.15, 0.2) is 23.6 Å². The zero-order valence-corrected chi connectivity index (χ0v) is 24.6. The molecule has 0 radical (unpaired) electrons. The van der Waals surface area contributed by atoms with Crippen molar-refractivity contribution in [3.8, 4) is 19.5 Å². The molecule has 0 unspecified atom stereocenters. The van der Waals surface area contributed by atoms with Gasteiger partial charge in [-0.25, -0.2) is 0 Å². The first kappa shape index (κ1) is 27.7. The fraction of sp³-hybridized carbons (Fsp3) is 0.613. The molecule has 0 amide bonds. The van der Waals surface area contributed by atoms with Crippen LogP contribution >= 0.6 is 34.0 Å². The second-order valence-electron chi connectivity index (χ2n) is 9.93. The Bertz CT molecular complexity index is 955. The van der Waals surface area contributed by atoms with Crippen LogP contribution in [0.3, 0.4) is 0 Å². The Hall–Kier alpha value is -0.900. The minimum Gasteiger partial charge on any atom is -0.143 e. The number of rotatable bonds is 17. The monoisotopic (exact) mass is 514 g/mol. The summed E-state index contributed by atoms with van der Waals surface area (Å²) in [6, 6.07) is 7.53. The van der Waals surface area contributed by atoms with Crippen molar-refractivity contribution < 1.29 is 0 Å². The molecule has 0 aromatic carbocycles. The van der Waals surface area contributed by atoms with Crippen LogP contribution in [-0.4, -0.2) is 0 Å². The summed E-state index contributed by atoms with van der Waals surface area (Å²) in [5, 5.41) is 2.43. The average Bonchev–Trinajstić information content (AvgIpc) is 3.55. The highest BCUT2D eigenvalue weighted by atomic mass is 32.1. The maximum Gasteiger partial charge on any atom is 0.0481 e. The van der Waals surface area contributed by atoms with Crippen LogP contribution in [0.5, 0.6) is 0 Å². The molecule has 0 aliphatic rings. The van der Waals surface area contributed by atoms with Crippen molar-refractivity contribution in [3.63, 3.8) is 0 Å². The van der Waals surface area contributed by atoms with E-state index < -0.39 is 0 Å². The van der Waals surface area contributed by atoms with E-state index in [1.807, 2.05) is 22.7 Å². The Labute approximate surface area is 221 Å². The molecule has 3 aromatic heterocycles. The van der Waals surface area contributed by atoms with Gasteiger partial charge in [-0.1, -0.05) is 78.6 Å². The molecule has 34 heavy (non-hydrogen) atoms. The quantitative estimate of drug-likeness (QED) is 0.157. The number of hydrogen-bond donors (Lipinski definition) is 0. The predicted molar refractivity (Wildman–Crippen MR) is 159 cm³/mol. The van der Waals surface area contributed by atoms with Crippen molar-refractivity contribution in [1.29, 1.82) is 0 Å². The largest absolute Gasteiger partial charge is 0.143 e. The summed E-state index contributed by atoms with van der Waals surface area (Å²) in [6.07, 6.45) is 19.8. The second-order valence-corrected chi connectivity index (χ2v) is 13.1. The standard InChI is InChI=1S/C31H46S3/c1-5-8-11-14-17-25-21-28(32-23-25)30-27(19-16-13-10-7-3)22-29(34-30)31-26(20-24(4)33-31)18-15-12-9-6-2/h20-23H,5-19H2,1-4H3. The lowest BCUT2D eigenvalue weighted by Crippen LogP contribution is -1.86. The fourth-order valence-electron chi connectivity index (χ4n) is 4.76. The Kier molecular flexibility index (Phi) is 12.4. The molecular weight excluding hydrogens is 469 g/mol. The van der Waals surface area contributed by atoms with Crippen molar-refractivity contribution in [1.82, 2.24) is 0 Å². The van der Waals surface area contributed by atoms with Gasteiger partial charge >= 0.3 is 0 Å². The first-order valence-corrected chi connectivity index (χ1v) is 16.5. The lowest BCUT2D eigenvalue weighted by atomic mass is 10.0. The third-order valence-corrected chi connectivity index (χ3v) is 10.4. The zero-order chi connectivity index (χ0) is 24.2. The van der Waals surface area contributed by atoms with E-state index in [-0.39, 0.29) is 0 Å². The van der Waals surface area contributed by atoms with Crippen molar-refractivity contribution in [2.75, 3.05) is 0 Å². The van der Waals surface area contributed by atoms with Crippen LogP contribution in [0.25, 0.3) is 19.5 Å². The van der Waals surface area contributed by atoms with Gasteiger partial charge in [-0.3, -0.25) is 0 Å². The molecule has 0 fully saturated rings. The Balaban J connectivity index is 1.81. The summed E-state index contributed by atoms with van der Waals surface area (Å²) in [4.78, 5) is 7.59. The molecule has 0 spiro atoms. The number of thiophene rings is 3. The van der Waals surface area contributed by atoms with Gasteiger partial charge in [-0.2, -0.15) is 0 Å². The molecule has 0 atom stereocenters. The van der Waals surface area contributed by atoms with E-state index in [1.54, 1.807) is 26.4 Å². The third kappa shape index (κ3) is 8.35. The smallest absolute Gasteiger partial charge is 0.0481 e. The van der Waals surface area contributed by atoms with Crippen LogP contribution in [0.4, 0.5) is 0 Å². The molecule has 188 valence electrons. The van der Waals surface area contributed by atoms with Gasteiger partial charge in [0.15, 0.2) is 0 Å². The summed E-state index contributed by atoms with van der Waals surface area (Å²) < 4.78 is 0. The van der Waals surface area contributed by atoms with Gasteiger partial charge in [0.1, 0.15) is 0 Å².